The Balaban J connectivity index is 0.00000220. The van der Waals surface area contributed by atoms with Gasteiger partial charge < -0.3 is 10.3 Å². The van der Waals surface area contributed by atoms with Crippen molar-refractivity contribution in [3.8, 4) is 0 Å². The summed E-state index contributed by atoms with van der Waals surface area (Å²) in [6, 6.07) is 9.49. The fourth-order valence-electron chi connectivity index (χ4n) is 2.13. The summed E-state index contributed by atoms with van der Waals surface area (Å²) in [5, 5.41) is 0. The maximum atomic E-state index is 12.3. The smallest absolute Gasteiger partial charge is 0.330 e. The molecule has 0 aliphatic heterocycles. The molecule has 21 heavy (non-hydrogen) atoms. The topological polar surface area (TPSA) is 70.0 Å². The first-order chi connectivity index (χ1) is 9.63. The number of aromatic nitrogens is 2. The molecule has 0 aliphatic carbocycles. The molecule has 1 aromatic heterocycles. The molecular formula is C15H20ClN3O2. The van der Waals surface area contributed by atoms with E-state index in [1.807, 2.05) is 30.3 Å². The van der Waals surface area contributed by atoms with E-state index in [-0.39, 0.29) is 23.7 Å². The summed E-state index contributed by atoms with van der Waals surface area (Å²) < 4.78 is 2.84. The van der Waals surface area contributed by atoms with Crippen LogP contribution in [0.25, 0.3) is 0 Å². The molecule has 2 N–H and O–H groups in total. The van der Waals surface area contributed by atoms with Crippen molar-refractivity contribution in [3.63, 3.8) is 0 Å². The summed E-state index contributed by atoms with van der Waals surface area (Å²) in [6.45, 7) is 3.07. The number of halogens is 1. The fraction of sp³-hybridized carbons (Fsp3) is 0.333. The highest BCUT2D eigenvalue weighted by atomic mass is 35.5. The van der Waals surface area contributed by atoms with E-state index >= 15 is 0 Å². The summed E-state index contributed by atoms with van der Waals surface area (Å²) in [5.74, 6) is 0. The Morgan fingerprint density at radius 1 is 1.14 bits per heavy atom. The summed E-state index contributed by atoms with van der Waals surface area (Å²) in [4.78, 5) is 24.5. The van der Waals surface area contributed by atoms with Crippen LogP contribution in [0.15, 0.2) is 46.1 Å². The van der Waals surface area contributed by atoms with Gasteiger partial charge in [-0.05, 0) is 25.5 Å². The molecule has 0 radical (unpaired) electrons. The van der Waals surface area contributed by atoms with E-state index in [9.17, 15) is 9.59 Å². The van der Waals surface area contributed by atoms with Crippen molar-refractivity contribution < 1.29 is 0 Å². The summed E-state index contributed by atoms with van der Waals surface area (Å²) in [5.41, 5.74) is 6.46. The van der Waals surface area contributed by atoms with Crippen molar-refractivity contribution in [1.82, 2.24) is 9.13 Å². The maximum absolute atomic E-state index is 12.3. The van der Waals surface area contributed by atoms with E-state index in [1.54, 1.807) is 17.7 Å². The predicted octanol–water partition coefficient (Wildman–Crippen LogP) is 1.14. The van der Waals surface area contributed by atoms with Gasteiger partial charge in [0.05, 0.1) is 6.54 Å². The highest BCUT2D eigenvalue weighted by Gasteiger charge is 2.09. The molecule has 0 saturated heterocycles. The molecule has 0 fully saturated rings. The zero-order valence-electron chi connectivity index (χ0n) is 12.0. The van der Waals surface area contributed by atoms with Crippen molar-refractivity contribution in [2.45, 2.75) is 26.4 Å². The van der Waals surface area contributed by atoms with Gasteiger partial charge in [0.2, 0.25) is 0 Å². The SMILES string of the molecule is Cc1cn(CCCN)c(=O)n(Cc2ccccc2)c1=O.Cl. The van der Waals surface area contributed by atoms with Crippen LogP contribution in [-0.2, 0) is 13.1 Å². The third kappa shape index (κ3) is 4.06. The third-order valence-electron chi connectivity index (χ3n) is 3.20. The zero-order valence-corrected chi connectivity index (χ0v) is 12.8. The van der Waals surface area contributed by atoms with Crippen LogP contribution in [0.2, 0.25) is 0 Å². The minimum Gasteiger partial charge on any atom is -0.330 e. The van der Waals surface area contributed by atoms with Crippen LogP contribution in [0.4, 0.5) is 0 Å². The van der Waals surface area contributed by atoms with Gasteiger partial charge in [0, 0.05) is 18.3 Å². The highest BCUT2D eigenvalue weighted by Crippen LogP contribution is 1.99. The molecule has 2 aromatic rings. The van der Waals surface area contributed by atoms with Gasteiger partial charge in [-0.15, -0.1) is 12.4 Å². The molecule has 0 spiro atoms. The van der Waals surface area contributed by atoms with Gasteiger partial charge in [-0.2, -0.15) is 0 Å². The van der Waals surface area contributed by atoms with E-state index in [0.717, 1.165) is 5.56 Å². The van der Waals surface area contributed by atoms with Crippen LogP contribution in [0.1, 0.15) is 17.5 Å². The fourth-order valence-corrected chi connectivity index (χ4v) is 2.13. The van der Waals surface area contributed by atoms with Gasteiger partial charge in [-0.1, -0.05) is 30.3 Å². The average Bonchev–Trinajstić information content (AvgIpc) is 2.47. The molecule has 2 rings (SSSR count). The minimum atomic E-state index is -0.280. The van der Waals surface area contributed by atoms with Gasteiger partial charge >= 0.3 is 5.69 Å². The molecule has 0 saturated carbocycles. The third-order valence-corrected chi connectivity index (χ3v) is 3.20. The number of nitrogens with two attached hydrogens (primary N) is 1. The second kappa shape index (κ2) is 7.81. The van der Waals surface area contributed by atoms with E-state index in [4.69, 9.17) is 5.73 Å². The number of rotatable bonds is 5. The molecule has 0 amide bonds. The molecule has 6 heteroatoms. The molecule has 1 heterocycles. The van der Waals surface area contributed by atoms with Crippen LogP contribution in [0, 0.1) is 6.92 Å². The van der Waals surface area contributed by atoms with Gasteiger partial charge in [0.25, 0.3) is 5.56 Å². The maximum Gasteiger partial charge on any atom is 0.331 e. The first-order valence-electron chi connectivity index (χ1n) is 6.68. The van der Waals surface area contributed by atoms with Crippen molar-refractivity contribution >= 4 is 12.4 Å². The Hall–Kier alpha value is -1.85. The predicted molar refractivity (Wildman–Crippen MR) is 86.2 cm³/mol. The lowest BCUT2D eigenvalue weighted by atomic mass is 10.2. The monoisotopic (exact) mass is 309 g/mol. The number of hydrogen-bond donors (Lipinski definition) is 1. The largest absolute Gasteiger partial charge is 0.331 e. The van der Waals surface area contributed by atoms with Crippen LogP contribution in [-0.4, -0.2) is 15.7 Å². The number of nitrogens with zero attached hydrogens (tertiary/aromatic N) is 2. The second-order valence-electron chi connectivity index (χ2n) is 4.81. The molecule has 114 valence electrons. The first-order valence-corrected chi connectivity index (χ1v) is 6.68. The first kappa shape index (κ1) is 17.2. The van der Waals surface area contributed by atoms with Crippen molar-refractivity contribution in [1.29, 1.82) is 0 Å². The lowest BCUT2D eigenvalue weighted by Gasteiger charge is -2.11. The van der Waals surface area contributed by atoms with Crippen LogP contribution >= 0.6 is 12.4 Å². The Kier molecular flexibility index (Phi) is 6.39. The Bertz CT molecular complexity index is 692. The van der Waals surface area contributed by atoms with E-state index in [2.05, 4.69) is 0 Å². The van der Waals surface area contributed by atoms with Gasteiger partial charge in [-0.25, -0.2) is 4.79 Å². The minimum absolute atomic E-state index is 0. The van der Waals surface area contributed by atoms with Crippen molar-refractivity contribution in [2.24, 2.45) is 5.73 Å². The Morgan fingerprint density at radius 2 is 1.81 bits per heavy atom. The quantitative estimate of drug-likeness (QED) is 0.900. The van der Waals surface area contributed by atoms with Gasteiger partial charge in [0.1, 0.15) is 0 Å². The standard InChI is InChI=1S/C15H19N3O2.ClH/c1-12-10-17(9-5-8-16)15(20)18(14(12)19)11-13-6-3-2-4-7-13;/h2-4,6-7,10H,5,8-9,11,16H2,1H3;1H. The molecule has 5 nitrogen and oxygen atoms in total. The van der Waals surface area contributed by atoms with Crippen molar-refractivity contribution in [3.05, 3.63) is 68.5 Å². The molecular weight excluding hydrogens is 290 g/mol. The lowest BCUT2D eigenvalue weighted by Crippen LogP contribution is -2.41. The lowest BCUT2D eigenvalue weighted by molar-refractivity contribution is 0.556. The number of aryl methyl sites for hydroxylation is 2. The Labute approximate surface area is 129 Å². The van der Waals surface area contributed by atoms with Crippen LogP contribution < -0.4 is 17.0 Å². The second-order valence-corrected chi connectivity index (χ2v) is 4.81. The van der Waals surface area contributed by atoms with E-state index in [1.165, 1.54) is 4.57 Å². The normalized spacial score (nSPS) is 10.2. The van der Waals surface area contributed by atoms with Gasteiger partial charge in [-0.3, -0.25) is 9.36 Å². The van der Waals surface area contributed by atoms with Crippen LogP contribution in [0.5, 0.6) is 0 Å². The molecule has 1 aromatic carbocycles. The molecule has 0 unspecified atom stereocenters. The zero-order chi connectivity index (χ0) is 14.5. The van der Waals surface area contributed by atoms with Crippen molar-refractivity contribution in [2.75, 3.05) is 6.54 Å². The average molecular weight is 310 g/mol. The molecule has 0 bridgehead atoms. The summed E-state index contributed by atoms with van der Waals surface area (Å²) in [6.07, 6.45) is 2.32. The number of hydrogen-bond acceptors (Lipinski definition) is 3. The van der Waals surface area contributed by atoms with E-state index < -0.39 is 0 Å². The highest BCUT2D eigenvalue weighted by molar-refractivity contribution is 5.85. The number of benzene rings is 1. The summed E-state index contributed by atoms with van der Waals surface area (Å²) in [7, 11) is 0. The molecule has 0 atom stereocenters. The van der Waals surface area contributed by atoms with Crippen LogP contribution in [0.3, 0.4) is 0 Å². The van der Waals surface area contributed by atoms with Gasteiger partial charge in [0.15, 0.2) is 0 Å². The Morgan fingerprint density at radius 3 is 2.43 bits per heavy atom. The summed E-state index contributed by atoms with van der Waals surface area (Å²) >= 11 is 0. The molecule has 0 aliphatic rings. The van der Waals surface area contributed by atoms with E-state index in [0.29, 0.717) is 31.6 Å².